The lowest BCUT2D eigenvalue weighted by molar-refractivity contribution is 0.280. The lowest BCUT2D eigenvalue weighted by Gasteiger charge is -2.31. The van der Waals surface area contributed by atoms with Gasteiger partial charge in [0.2, 0.25) is 0 Å². The van der Waals surface area contributed by atoms with Crippen molar-refractivity contribution in [3.8, 4) is 5.75 Å². The molecule has 4 heteroatoms. The summed E-state index contributed by atoms with van der Waals surface area (Å²) < 4.78 is 5.53. The Morgan fingerprint density at radius 1 is 1.47 bits per heavy atom. The number of aliphatic hydroxyl groups is 1. The third-order valence-electron chi connectivity index (χ3n) is 2.53. The lowest BCUT2D eigenvalue weighted by atomic mass is 10.2. The van der Waals surface area contributed by atoms with Gasteiger partial charge in [0.1, 0.15) is 12.4 Å². The fraction of sp³-hybridized carbons (Fsp3) is 0.455. The normalized spacial score (nSPS) is 14.6. The summed E-state index contributed by atoms with van der Waals surface area (Å²) in [5, 5.41) is 8.81. The van der Waals surface area contributed by atoms with E-state index in [9.17, 15) is 0 Å². The van der Waals surface area contributed by atoms with Crippen LogP contribution in [0.2, 0.25) is 0 Å². The molecule has 0 spiro atoms. The summed E-state index contributed by atoms with van der Waals surface area (Å²) in [6, 6.07) is 5.70. The molecule has 0 fully saturated rings. The highest BCUT2D eigenvalue weighted by Crippen LogP contribution is 2.33. The molecule has 4 nitrogen and oxygen atoms in total. The Labute approximate surface area is 89.3 Å². The first-order valence-corrected chi connectivity index (χ1v) is 5.19. The molecule has 0 saturated heterocycles. The van der Waals surface area contributed by atoms with Gasteiger partial charge in [0.15, 0.2) is 0 Å². The molecule has 1 aromatic rings. The van der Waals surface area contributed by atoms with Crippen molar-refractivity contribution in [3.05, 3.63) is 18.2 Å². The van der Waals surface area contributed by atoms with Crippen LogP contribution in [-0.4, -0.2) is 31.4 Å². The molecule has 1 aliphatic heterocycles. The second-order valence-electron chi connectivity index (χ2n) is 3.64. The number of fused-ring (bicyclic) bond motifs is 1. The molecular formula is C11H16N2O2. The monoisotopic (exact) mass is 208 g/mol. The summed E-state index contributed by atoms with van der Waals surface area (Å²) in [6.07, 6.45) is 0.782. The third-order valence-corrected chi connectivity index (χ3v) is 2.53. The van der Waals surface area contributed by atoms with Gasteiger partial charge >= 0.3 is 0 Å². The van der Waals surface area contributed by atoms with Gasteiger partial charge in [-0.05, 0) is 18.6 Å². The van der Waals surface area contributed by atoms with Crippen molar-refractivity contribution in [2.75, 3.05) is 36.9 Å². The summed E-state index contributed by atoms with van der Waals surface area (Å²) in [4.78, 5) is 2.22. The highest BCUT2D eigenvalue weighted by Gasteiger charge is 2.17. The zero-order chi connectivity index (χ0) is 10.7. The molecule has 2 rings (SSSR count). The molecule has 0 aromatic heterocycles. The minimum atomic E-state index is 0.224. The van der Waals surface area contributed by atoms with Crippen LogP contribution >= 0.6 is 0 Å². The molecule has 1 aromatic carbocycles. The number of hydrogen-bond donors (Lipinski definition) is 2. The van der Waals surface area contributed by atoms with Gasteiger partial charge in [-0.1, -0.05) is 0 Å². The van der Waals surface area contributed by atoms with Crippen molar-refractivity contribution in [2.24, 2.45) is 0 Å². The first-order chi connectivity index (χ1) is 7.31. The number of nitrogens with two attached hydrogens (primary N) is 1. The fourth-order valence-electron chi connectivity index (χ4n) is 1.79. The van der Waals surface area contributed by atoms with Crippen LogP contribution < -0.4 is 15.4 Å². The van der Waals surface area contributed by atoms with E-state index in [2.05, 4.69) is 4.90 Å². The first kappa shape index (κ1) is 10.1. The van der Waals surface area contributed by atoms with E-state index in [4.69, 9.17) is 15.6 Å². The number of hydrogen-bond acceptors (Lipinski definition) is 4. The van der Waals surface area contributed by atoms with Crippen LogP contribution in [0.25, 0.3) is 0 Å². The summed E-state index contributed by atoms with van der Waals surface area (Å²) in [6.45, 7) is 2.64. The van der Waals surface area contributed by atoms with E-state index in [1.165, 1.54) is 0 Å². The van der Waals surface area contributed by atoms with Crippen molar-refractivity contribution in [2.45, 2.75) is 6.42 Å². The second-order valence-corrected chi connectivity index (χ2v) is 3.64. The Hall–Kier alpha value is -1.42. The number of nitrogens with zero attached hydrogens (tertiary/aromatic N) is 1. The topological polar surface area (TPSA) is 58.7 Å². The molecule has 0 amide bonds. The minimum Gasteiger partial charge on any atom is -0.489 e. The van der Waals surface area contributed by atoms with Crippen LogP contribution in [-0.2, 0) is 0 Å². The molecule has 0 aliphatic carbocycles. The SMILES string of the molecule is Nc1ccc2c(c1)OCCN2CCCO. The van der Waals surface area contributed by atoms with Gasteiger partial charge in [-0.3, -0.25) is 0 Å². The van der Waals surface area contributed by atoms with Crippen molar-refractivity contribution in [1.82, 2.24) is 0 Å². The number of benzene rings is 1. The van der Waals surface area contributed by atoms with Gasteiger partial charge in [0.25, 0.3) is 0 Å². The van der Waals surface area contributed by atoms with Gasteiger partial charge in [-0.15, -0.1) is 0 Å². The van der Waals surface area contributed by atoms with Gasteiger partial charge in [0, 0.05) is 24.9 Å². The van der Waals surface area contributed by atoms with Crippen LogP contribution in [0.1, 0.15) is 6.42 Å². The molecule has 82 valence electrons. The van der Waals surface area contributed by atoms with Crippen LogP contribution in [0.4, 0.5) is 11.4 Å². The maximum absolute atomic E-state index is 8.81. The van der Waals surface area contributed by atoms with E-state index in [1.807, 2.05) is 18.2 Å². The summed E-state index contributed by atoms with van der Waals surface area (Å²) in [7, 11) is 0. The van der Waals surface area contributed by atoms with E-state index in [0.717, 1.165) is 36.6 Å². The van der Waals surface area contributed by atoms with Gasteiger partial charge in [0.05, 0.1) is 12.2 Å². The number of aliphatic hydroxyl groups excluding tert-OH is 1. The van der Waals surface area contributed by atoms with Gasteiger partial charge < -0.3 is 20.5 Å². The number of nitrogen functional groups attached to an aromatic ring is 1. The maximum atomic E-state index is 8.81. The van der Waals surface area contributed by atoms with Crippen molar-refractivity contribution in [3.63, 3.8) is 0 Å². The molecular weight excluding hydrogens is 192 g/mol. The maximum Gasteiger partial charge on any atom is 0.144 e. The van der Waals surface area contributed by atoms with Crippen molar-refractivity contribution in [1.29, 1.82) is 0 Å². The Morgan fingerprint density at radius 3 is 3.13 bits per heavy atom. The van der Waals surface area contributed by atoms with Gasteiger partial charge in [-0.25, -0.2) is 0 Å². The smallest absolute Gasteiger partial charge is 0.144 e. The lowest BCUT2D eigenvalue weighted by Crippen LogP contribution is -2.33. The molecule has 0 saturated carbocycles. The van der Waals surface area contributed by atoms with Crippen molar-refractivity contribution >= 4 is 11.4 Å². The molecule has 15 heavy (non-hydrogen) atoms. The van der Waals surface area contributed by atoms with E-state index in [-0.39, 0.29) is 6.61 Å². The largest absolute Gasteiger partial charge is 0.489 e. The third kappa shape index (κ3) is 2.15. The average molecular weight is 208 g/mol. The van der Waals surface area contributed by atoms with E-state index in [1.54, 1.807) is 0 Å². The predicted molar refractivity (Wildman–Crippen MR) is 60.3 cm³/mol. The Morgan fingerprint density at radius 2 is 2.33 bits per heavy atom. The minimum absolute atomic E-state index is 0.224. The predicted octanol–water partition coefficient (Wildman–Crippen LogP) is 0.850. The highest BCUT2D eigenvalue weighted by molar-refractivity contribution is 5.64. The highest BCUT2D eigenvalue weighted by atomic mass is 16.5. The van der Waals surface area contributed by atoms with Gasteiger partial charge in [-0.2, -0.15) is 0 Å². The molecule has 0 radical (unpaired) electrons. The van der Waals surface area contributed by atoms with E-state index in [0.29, 0.717) is 6.61 Å². The Bertz CT molecular complexity index is 341. The molecule has 3 N–H and O–H groups in total. The van der Waals surface area contributed by atoms with E-state index >= 15 is 0 Å². The first-order valence-electron chi connectivity index (χ1n) is 5.19. The molecule has 0 atom stereocenters. The molecule has 0 unspecified atom stereocenters. The fourth-order valence-corrected chi connectivity index (χ4v) is 1.79. The van der Waals surface area contributed by atoms with Crippen LogP contribution in [0.3, 0.4) is 0 Å². The summed E-state index contributed by atoms with van der Waals surface area (Å²) in [5.74, 6) is 0.846. The van der Waals surface area contributed by atoms with E-state index < -0.39 is 0 Å². The van der Waals surface area contributed by atoms with Crippen LogP contribution in [0.15, 0.2) is 18.2 Å². The summed E-state index contributed by atoms with van der Waals surface area (Å²) in [5.41, 5.74) is 7.48. The molecule has 0 bridgehead atoms. The quantitative estimate of drug-likeness (QED) is 0.723. The number of rotatable bonds is 3. The molecule has 1 heterocycles. The standard InChI is InChI=1S/C11H16N2O2/c12-9-2-3-10-11(8-9)15-7-5-13(10)4-1-6-14/h2-3,8,14H,1,4-7,12H2. The van der Waals surface area contributed by atoms with Crippen LogP contribution in [0.5, 0.6) is 5.75 Å². The average Bonchev–Trinajstić information content (AvgIpc) is 2.25. The van der Waals surface area contributed by atoms with Crippen molar-refractivity contribution < 1.29 is 9.84 Å². The Kier molecular flexibility index (Phi) is 2.97. The second kappa shape index (κ2) is 4.40. The Balaban J connectivity index is 2.18. The summed E-state index contributed by atoms with van der Waals surface area (Å²) >= 11 is 0. The number of ether oxygens (including phenoxy) is 1. The zero-order valence-corrected chi connectivity index (χ0v) is 8.65. The van der Waals surface area contributed by atoms with Crippen LogP contribution in [0, 0.1) is 0 Å². The number of anilines is 2. The zero-order valence-electron chi connectivity index (χ0n) is 8.65. The molecule has 1 aliphatic rings.